The maximum atomic E-state index is 13.1. The lowest BCUT2D eigenvalue weighted by atomic mass is 9.84. The lowest BCUT2D eigenvalue weighted by Gasteiger charge is -2.34. The molecule has 1 aromatic heterocycles. The Bertz CT molecular complexity index is 980. The lowest BCUT2D eigenvalue weighted by Crippen LogP contribution is -2.46. The zero-order valence-corrected chi connectivity index (χ0v) is 18.8. The molecule has 2 fully saturated rings. The van der Waals surface area contributed by atoms with Crippen LogP contribution >= 0.6 is 11.6 Å². The lowest BCUT2D eigenvalue weighted by molar-refractivity contribution is -0.133. The number of nitrogens with zero attached hydrogens (tertiary/aromatic N) is 2. The van der Waals surface area contributed by atoms with Crippen LogP contribution in [0.15, 0.2) is 48.8 Å². The van der Waals surface area contributed by atoms with Gasteiger partial charge in [-0.25, -0.2) is 0 Å². The molecule has 4 rings (SSSR count). The summed E-state index contributed by atoms with van der Waals surface area (Å²) >= 11 is 6.00. The van der Waals surface area contributed by atoms with Crippen LogP contribution in [0.1, 0.15) is 54.4 Å². The van der Waals surface area contributed by atoms with Gasteiger partial charge in [0.15, 0.2) is 5.78 Å². The third kappa shape index (κ3) is 5.36. The van der Waals surface area contributed by atoms with Crippen LogP contribution in [0.3, 0.4) is 0 Å². The van der Waals surface area contributed by atoms with E-state index in [-0.39, 0.29) is 23.5 Å². The van der Waals surface area contributed by atoms with E-state index in [1.807, 2.05) is 29.2 Å². The standard InChI is InChI=1S/C25H28ClN3O3/c26-21-7-5-18(6-8-21)15-25(11-9-22(30)28-25)12-10-23(31)29-14-2-4-20(17-29)24(32)19-3-1-13-27-16-19/h1,3,5-8,13,16,20H,2,4,9-12,14-15,17H2,(H,28,30)/t20-,25-/m0/s1. The summed E-state index contributed by atoms with van der Waals surface area (Å²) in [5.74, 6) is -0.0548. The smallest absolute Gasteiger partial charge is 0.222 e. The topological polar surface area (TPSA) is 79.4 Å². The van der Waals surface area contributed by atoms with E-state index in [0.717, 1.165) is 18.4 Å². The maximum Gasteiger partial charge on any atom is 0.222 e. The van der Waals surface area contributed by atoms with E-state index in [2.05, 4.69) is 10.3 Å². The van der Waals surface area contributed by atoms with Crippen molar-refractivity contribution >= 4 is 29.2 Å². The first-order chi connectivity index (χ1) is 15.4. The van der Waals surface area contributed by atoms with E-state index >= 15 is 0 Å². The van der Waals surface area contributed by atoms with Gasteiger partial charge in [-0.2, -0.15) is 0 Å². The number of rotatable bonds is 7. The zero-order chi connectivity index (χ0) is 22.6. The molecule has 0 aliphatic carbocycles. The van der Waals surface area contributed by atoms with Gasteiger partial charge in [-0.05, 0) is 61.9 Å². The monoisotopic (exact) mass is 453 g/mol. The summed E-state index contributed by atoms with van der Waals surface area (Å²) in [5, 5.41) is 3.81. The Morgan fingerprint density at radius 1 is 1.22 bits per heavy atom. The van der Waals surface area contributed by atoms with Crippen molar-refractivity contribution in [2.24, 2.45) is 5.92 Å². The summed E-state index contributed by atoms with van der Waals surface area (Å²) in [6.45, 7) is 1.12. The molecule has 0 unspecified atom stereocenters. The minimum atomic E-state index is -0.415. The van der Waals surface area contributed by atoms with Crippen molar-refractivity contribution in [3.8, 4) is 0 Å². The predicted molar refractivity (Wildman–Crippen MR) is 122 cm³/mol. The number of carbonyl (C=O) groups excluding carboxylic acids is 3. The van der Waals surface area contributed by atoms with E-state index in [4.69, 9.17) is 11.6 Å². The molecule has 0 spiro atoms. The van der Waals surface area contributed by atoms with Crippen LogP contribution < -0.4 is 5.32 Å². The van der Waals surface area contributed by atoms with Crippen molar-refractivity contribution in [2.75, 3.05) is 13.1 Å². The van der Waals surface area contributed by atoms with Crippen molar-refractivity contribution < 1.29 is 14.4 Å². The Kier molecular flexibility index (Phi) is 6.89. The van der Waals surface area contributed by atoms with Gasteiger partial charge in [0.1, 0.15) is 0 Å². The molecule has 1 N–H and O–H groups in total. The quantitative estimate of drug-likeness (QED) is 0.646. The number of halogens is 1. The third-order valence-electron chi connectivity index (χ3n) is 6.60. The maximum absolute atomic E-state index is 13.1. The first-order valence-corrected chi connectivity index (χ1v) is 11.6. The van der Waals surface area contributed by atoms with E-state index in [1.54, 1.807) is 24.5 Å². The highest BCUT2D eigenvalue weighted by atomic mass is 35.5. The van der Waals surface area contributed by atoms with Gasteiger partial charge in [0.25, 0.3) is 0 Å². The molecule has 2 aliphatic rings. The second-order valence-corrected chi connectivity index (χ2v) is 9.35. The van der Waals surface area contributed by atoms with Gasteiger partial charge >= 0.3 is 0 Å². The normalized spacial score (nSPS) is 23.1. The number of carbonyl (C=O) groups is 3. The minimum Gasteiger partial charge on any atom is -0.350 e. The van der Waals surface area contributed by atoms with Crippen LogP contribution in [0.5, 0.6) is 0 Å². The molecule has 0 saturated carbocycles. The highest BCUT2D eigenvalue weighted by Gasteiger charge is 2.38. The SMILES string of the molecule is O=C1CC[C@](CCC(=O)N2CCC[C@H](C(=O)c3cccnc3)C2)(Cc2ccc(Cl)cc2)N1. The van der Waals surface area contributed by atoms with Crippen molar-refractivity contribution in [3.05, 3.63) is 64.9 Å². The molecule has 32 heavy (non-hydrogen) atoms. The number of likely N-dealkylation sites (tertiary alicyclic amines) is 1. The van der Waals surface area contributed by atoms with Crippen molar-refractivity contribution in [2.45, 2.75) is 50.5 Å². The van der Waals surface area contributed by atoms with Gasteiger partial charge in [0.2, 0.25) is 11.8 Å². The van der Waals surface area contributed by atoms with Crippen molar-refractivity contribution in [1.29, 1.82) is 0 Å². The Morgan fingerprint density at radius 2 is 2.03 bits per heavy atom. The molecular formula is C25H28ClN3O3. The van der Waals surface area contributed by atoms with Crippen LogP contribution in [-0.2, 0) is 16.0 Å². The van der Waals surface area contributed by atoms with Crippen molar-refractivity contribution in [3.63, 3.8) is 0 Å². The van der Waals surface area contributed by atoms with Gasteiger partial charge in [0.05, 0.1) is 0 Å². The molecular weight excluding hydrogens is 426 g/mol. The first-order valence-electron chi connectivity index (χ1n) is 11.2. The van der Waals surface area contributed by atoms with Gasteiger partial charge in [-0.15, -0.1) is 0 Å². The number of nitrogens with one attached hydrogen (secondary N) is 1. The number of aromatic nitrogens is 1. The fraction of sp³-hybridized carbons (Fsp3) is 0.440. The summed E-state index contributed by atoms with van der Waals surface area (Å²) in [4.78, 5) is 43.8. The predicted octanol–water partition coefficient (Wildman–Crippen LogP) is 3.83. The molecule has 168 valence electrons. The fourth-order valence-electron chi connectivity index (χ4n) is 4.84. The van der Waals surface area contributed by atoms with Crippen LogP contribution in [0.4, 0.5) is 0 Å². The molecule has 6 nitrogen and oxygen atoms in total. The zero-order valence-electron chi connectivity index (χ0n) is 18.1. The molecule has 0 radical (unpaired) electrons. The summed E-state index contributed by atoms with van der Waals surface area (Å²) in [6.07, 6.45) is 7.63. The summed E-state index contributed by atoms with van der Waals surface area (Å²) < 4.78 is 0. The molecule has 0 bridgehead atoms. The van der Waals surface area contributed by atoms with E-state index in [0.29, 0.717) is 55.8 Å². The molecule has 1 aromatic carbocycles. The molecule has 2 atom stereocenters. The number of Topliss-reactive ketones (excluding diaryl/α,β-unsaturated/α-hetero) is 1. The number of pyridine rings is 1. The van der Waals surface area contributed by atoms with Crippen LogP contribution in [0.2, 0.25) is 5.02 Å². The van der Waals surface area contributed by atoms with Crippen molar-refractivity contribution in [1.82, 2.24) is 15.2 Å². The minimum absolute atomic E-state index is 0.0338. The molecule has 7 heteroatoms. The largest absolute Gasteiger partial charge is 0.350 e. The van der Waals surface area contributed by atoms with E-state index in [1.165, 1.54) is 0 Å². The Morgan fingerprint density at radius 3 is 2.72 bits per heavy atom. The van der Waals surface area contributed by atoms with Crippen LogP contribution in [0.25, 0.3) is 0 Å². The summed E-state index contributed by atoms with van der Waals surface area (Å²) in [7, 11) is 0. The fourth-order valence-corrected chi connectivity index (χ4v) is 4.97. The number of hydrogen-bond acceptors (Lipinski definition) is 4. The highest BCUT2D eigenvalue weighted by Crippen LogP contribution is 2.31. The second kappa shape index (κ2) is 9.82. The van der Waals surface area contributed by atoms with Crippen LogP contribution in [-0.4, -0.2) is 46.1 Å². The Balaban J connectivity index is 1.38. The van der Waals surface area contributed by atoms with Gasteiger partial charge in [-0.3, -0.25) is 19.4 Å². The average Bonchev–Trinajstić information content (AvgIpc) is 3.19. The van der Waals surface area contributed by atoms with Gasteiger partial charge in [0, 0.05) is 60.4 Å². The number of benzene rings is 1. The molecule has 2 aromatic rings. The number of amides is 2. The molecule has 3 heterocycles. The van der Waals surface area contributed by atoms with Gasteiger partial charge < -0.3 is 10.2 Å². The summed E-state index contributed by atoms with van der Waals surface area (Å²) in [6, 6.07) is 11.2. The number of ketones is 1. The van der Waals surface area contributed by atoms with Gasteiger partial charge in [-0.1, -0.05) is 23.7 Å². The number of hydrogen-bond donors (Lipinski definition) is 1. The third-order valence-corrected chi connectivity index (χ3v) is 6.85. The Hall–Kier alpha value is -2.73. The number of piperidine rings is 1. The van der Waals surface area contributed by atoms with E-state index < -0.39 is 5.54 Å². The van der Waals surface area contributed by atoms with Crippen LogP contribution in [0, 0.1) is 5.92 Å². The molecule has 2 aliphatic heterocycles. The summed E-state index contributed by atoms with van der Waals surface area (Å²) in [5.41, 5.74) is 1.27. The highest BCUT2D eigenvalue weighted by molar-refractivity contribution is 6.30. The first kappa shape index (κ1) is 22.5. The Labute approximate surface area is 193 Å². The average molecular weight is 454 g/mol. The molecule has 2 saturated heterocycles. The molecule has 2 amide bonds. The second-order valence-electron chi connectivity index (χ2n) is 8.92. The van der Waals surface area contributed by atoms with E-state index in [9.17, 15) is 14.4 Å².